The van der Waals surface area contributed by atoms with Gasteiger partial charge < -0.3 is 9.53 Å². The number of hydrogen-bond donors (Lipinski definition) is 0. The molecule has 0 fully saturated rings. The van der Waals surface area contributed by atoms with Crippen molar-refractivity contribution in [2.75, 3.05) is 13.7 Å². The van der Waals surface area contributed by atoms with Crippen molar-refractivity contribution >= 4 is 6.29 Å². The number of aldehydes is 1. The van der Waals surface area contributed by atoms with Crippen LogP contribution in [0.5, 0.6) is 0 Å². The third-order valence-electron chi connectivity index (χ3n) is 2.53. The highest BCUT2D eigenvalue weighted by Gasteiger charge is 2.08. The molecule has 0 radical (unpaired) electrons. The fourth-order valence-corrected chi connectivity index (χ4v) is 1.67. The van der Waals surface area contributed by atoms with Gasteiger partial charge in [-0.25, -0.2) is 0 Å². The maximum atomic E-state index is 10.5. The Bertz CT molecular complexity index is 269. The number of methoxy groups -OCH3 is 1. The molecule has 1 unspecified atom stereocenters. The molecule has 2 heteroatoms. The number of benzene rings is 1. The molecule has 0 saturated heterocycles. The van der Waals surface area contributed by atoms with Crippen LogP contribution < -0.4 is 0 Å². The molecule has 1 aromatic carbocycles. The molecule has 1 rings (SSSR count). The highest BCUT2D eigenvalue weighted by Crippen LogP contribution is 2.14. The van der Waals surface area contributed by atoms with Gasteiger partial charge >= 0.3 is 0 Å². The molecule has 0 aromatic heterocycles. The molecule has 0 bridgehead atoms. The number of hydrogen-bond acceptors (Lipinski definition) is 2. The van der Waals surface area contributed by atoms with Gasteiger partial charge in [0.1, 0.15) is 6.29 Å². The molecule has 0 spiro atoms. The monoisotopic (exact) mass is 206 g/mol. The van der Waals surface area contributed by atoms with Gasteiger partial charge in [0.05, 0.1) is 0 Å². The maximum absolute atomic E-state index is 10.5. The Labute approximate surface area is 91.3 Å². The van der Waals surface area contributed by atoms with E-state index in [1.54, 1.807) is 7.11 Å². The van der Waals surface area contributed by atoms with Gasteiger partial charge in [0.2, 0.25) is 0 Å². The zero-order valence-electron chi connectivity index (χ0n) is 9.19. The second kappa shape index (κ2) is 7.18. The second-order valence-electron chi connectivity index (χ2n) is 3.74. The van der Waals surface area contributed by atoms with E-state index in [0.29, 0.717) is 12.3 Å². The summed E-state index contributed by atoms with van der Waals surface area (Å²) in [5, 5.41) is 0. The van der Waals surface area contributed by atoms with Gasteiger partial charge in [0.25, 0.3) is 0 Å². The summed E-state index contributed by atoms with van der Waals surface area (Å²) in [7, 11) is 1.69. The van der Waals surface area contributed by atoms with Gasteiger partial charge in [-0.2, -0.15) is 0 Å². The Kier molecular flexibility index (Phi) is 5.71. The molecular formula is C13H18O2. The number of carbonyl (C=O) groups is 1. The third kappa shape index (κ3) is 4.75. The minimum absolute atomic E-state index is 0.407. The van der Waals surface area contributed by atoms with Crippen molar-refractivity contribution in [3.63, 3.8) is 0 Å². The SMILES string of the molecule is COCCC(CC=O)Cc1ccccc1. The molecule has 15 heavy (non-hydrogen) atoms. The first-order valence-electron chi connectivity index (χ1n) is 5.33. The summed E-state index contributed by atoms with van der Waals surface area (Å²) >= 11 is 0. The highest BCUT2D eigenvalue weighted by molar-refractivity contribution is 5.49. The van der Waals surface area contributed by atoms with E-state index in [0.717, 1.165) is 25.7 Å². The molecule has 82 valence electrons. The quantitative estimate of drug-likeness (QED) is 0.641. The molecule has 0 saturated carbocycles. The van der Waals surface area contributed by atoms with Gasteiger partial charge in [-0.15, -0.1) is 0 Å². The largest absolute Gasteiger partial charge is 0.385 e. The maximum Gasteiger partial charge on any atom is 0.120 e. The molecule has 0 N–H and O–H groups in total. The first kappa shape index (κ1) is 11.9. The summed E-state index contributed by atoms with van der Waals surface area (Å²) in [5.74, 6) is 0.407. The van der Waals surface area contributed by atoms with E-state index >= 15 is 0 Å². The lowest BCUT2D eigenvalue weighted by molar-refractivity contribution is -0.108. The summed E-state index contributed by atoms with van der Waals surface area (Å²) in [6.45, 7) is 0.728. The van der Waals surface area contributed by atoms with Crippen LogP contribution >= 0.6 is 0 Å². The van der Waals surface area contributed by atoms with E-state index in [4.69, 9.17) is 4.74 Å². The molecule has 0 amide bonds. The topological polar surface area (TPSA) is 26.3 Å². The Morgan fingerprint density at radius 1 is 1.33 bits per heavy atom. The van der Waals surface area contributed by atoms with Crippen molar-refractivity contribution in [2.45, 2.75) is 19.3 Å². The van der Waals surface area contributed by atoms with Crippen LogP contribution in [-0.4, -0.2) is 20.0 Å². The minimum Gasteiger partial charge on any atom is -0.385 e. The average molecular weight is 206 g/mol. The number of rotatable bonds is 7. The molecule has 1 aromatic rings. The van der Waals surface area contributed by atoms with Crippen molar-refractivity contribution in [3.8, 4) is 0 Å². The van der Waals surface area contributed by atoms with Crippen LogP contribution in [0.2, 0.25) is 0 Å². The van der Waals surface area contributed by atoms with E-state index < -0.39 is 0 Å². The fraction of sp³-hybridized carbons (Fsp3) is 0.462. The molecule has 1 atom stereocenters. The predicted molar refractivity (Wildman–Crippen MR) is 60.8 cm³/mol. The van der Waals surface area contributed by atoms with Crippen LogP contribution in [-0.2, 0) is 16.0 Å². The molecule has 0 aliphatic rings. The van der Waals surface area contributed by atoms with E-state index in [-0.39, 0.29) is 0 Å². The van der Waals surface area contributed by atoms with Crippen LogP contribution in [0.15, 0.2) is 30.3 Å². The van der Waals surface area contributed by atoms with Crippen molar-refractivity contribution in [3.05, 3.63) is 35.9 Å². The average Bonchev–Trinajstić information content (AvgIpc) is 2.28. The van der Waals surface area contributed by atoms with Crippen LogP contribution in [0, 0.1) is 5.92 Å². The zero-order valence-corrected chi connectivity index (χ0v) is 9.19. The number of carbonyl (C=O) groups excluding carboxylic acids is 1. The molecule has 0 heterocycles. The van der Waals surface area contributed by atoms with E-state index in [1.807, 2.05) is 18.2 Å². The number of ether oxygens (including phenoxy) is 1. The van der Waals surface area contributed by atoms with E-state index in [1.165, 1.54) is 5.56 Å². The summed E-state index contributed by atoms with van der Waals surface area (Å²) in [5.41, 5.74) is 1.29. The Morgan fingerprint density at radius 3 is 2.67 bits per heavy atom. The molecular weight excluding hydrogens is 188 g/mol. The summed E-state index contributed by atoms with van der Waals surface area (Å²) in [6, 6.07) is 10.3. The van der Waals surface area contributed by atoms with Crippen LogP contribution in [0.25, 0.3) is 0 Å². The Balaban J connectivity index is 2.46. The van der Waals surface area contributed by atoms with Gasteiger partial charge in [0, 0.05) is 20.1 Å². The van der Waals surface area contributed by atoms with Crippen molar-refractivity contribution in [1.82, 2.24) is 0 Å². The molecule has 0 aliphatic carbocycles. The van der Waals surface area contributed by atoms with Gasteiger partial charge in [0.15, 0.2) is 0 Å². The molecule has 2 nitrogen and oxygen atoms in total. The molecule has 0 aliphatic heterocycles. The lowest BCUT2D eigenvalue weighted by atomic mass is 9.94. The Hall–Kier alpha value is -1.15. The highest BCUT2D eigenvalue weighted by atomic mass is 16.5. The van der Waals surface area contributed by atoms with Crippen LogP contribution in [0.4, 0.5) is 0 Å². The van der Waals surface area contributed by atoms with Crippen LogP contribution in [0.3, 0.4) is 0 Å². The lowest BCUT2D eigenvalue weighted by Crippen LogP contribution is -2.08. The van der Waals surface area contributed by atoms with E-state index in [9.17, 15) is 4.79 Å². The predicted octanol–water partition coefficient (Wildman–Crippen LogP) is 2.47. The smallest absolute Gasteiger partial charge is 0.120 e. The van der Waals surface area contributed by atoms with Crippen molar-refractivity contribution < 1.29 is 9.53 Å². The summed E-state index contributed by atoms with van der Waals surface area (Å²) < 4.78 is 5.04. The van der Waals surface area contributed by atoms with Crippen LogP contribution in [0.1, 0.15) is 18.4 Å². The van der Waals surface area contributed by atoms with E-state index in [2.05, 4.69) is 12.1 Å². The second-order valence-corrected chi connectivity index (χ2v) is 3.74. The van der Waals surface area contributed by atoms with Crippen molar-refractivity contribution in [1.29, 1.82) is 0 Å². The minimum atomic E-state index is 0.407. The zero-order chi connectivity index (χ0) is 10.9. The normalized spacial score (nSPS) is 12.3. The van der Waals surface area contributed by atoms with Gasteiger partial charge in [-0.3, -0.25) is 0 Å². The van der Waals surface area contributed by atoms with Gasteiger partial charge in [-0.05, 0) is 24.3 Å². The Morgan fingerprint density at radius 2 is 2.07 bits per heavy atom. The standard InChI is InChI=1S/C13H18O2/c1-15-10-8-13(7-9-14)11-12-5-3-2-4-6-12/h2-6,9,13H,7-8,10-11H2,1H3. The fourth-order valence-electron chi connectivity index (χ4n) is 1.67. The first-order chi connectivity index (χ1) is 7.36. The third-order valence-corrected chi connectivity index (χ3v) is 2.53. The first-order valence-corrected chi connectivity index (χ1v) is 5.33. The van der Waals surface area contributed by atoms with Crippen molar-refractivity contribution in [2.24, 2.45) is 5.92 Å². The summed E-state index contributed by atoms with van der Waals surface area (Å²) in [4.78, 5) is 10.5. The lowest BCUT2D eigenvalue weighted by Gasteiger charge is -2.13. The summed E-state index contributed by atoms with van der Waals surface area (Å²) in [6.07, 6.45) is 3.54. The van der Waals surface area contributed by atoms with Gasteiger partial charge in [-0.1, -0.05) is 30.3 Å².